The molecule has 0 aromatic heterocycles. The fraction of sp³-hybridized carbons (Fsp3) is 0.800. The van der Waals surface area contributed by atoms with E-state index in [9.17, 15) is 39.6 Å². The molecule has 200 valence electrons. The normalized spacial score (nSPS) is 37.1. The zero-order chi connectivity index (χ0) is 26.4. The van der Waals surface area contributed by atoms with Gasteiger partial charge in [-0.1, -0.05) is 0 Å². The van der Waals surface area contributed by atoms with Crippen LogP contribution in [0.15, 0.2) is 0 Å². The number of esters is 4. The van der Waals surface area contributed by atoms with Crippen molar-refractivity contribution in [1.82, 2.24) is 0 Å². The molecule has 2 fully saturated rings. The number of ether oxygens (including phenoxy) is 7. The highest BCUT2D eigenvalue weighted by Gasteiger charge is 2.54. The number of aliphatic hydroxyl groups excluding tert-OH is 4. The Morgan fingerprint density at radius 3 is 1.66 bits per heavy atom. The lowest BCUT2D eigenvalue weighted by molar-refractivity contribution is -0.356. The number of aliphatic hydroxyl groups is 4. The molecule has 2 aliphatic heterocycles. The molecule has 0 aromatic rings. The van der Waals surface area contributed by atoms with Crippen molar-refractivity contribution in [3.63, 3.8) is 0 Å². The van der Waals surface area contributed by atoms with E-state index in [1.165, 1.54) is 0 Å². The van der Waals surface area contributed by atoms with Crippen molar-refractivity contribution >= 4 is 23.9 Å². The van der Waals surface area contributed by atoms with Gasteiger partial charge in [-0.05, 0) is 0 Å². The molecule has 2 heterocycles. The van der Waals surface area contributed by atoms with Gasteiger partial charge in [-0.3, -0.25) is 19.2 Å². The fourth-order valence-corrected chi connectivity index (χ4v) is 3.61. The fourth-order valence-electron chi connectivity index (χ4n) is 3.61. The summed E-state index contributed by atoms with van der Waals surface area (Å²) in [4.78, 5) is 46.1. The van der Waals surface area contributed by atoms with E-state index >= 15 is 0 Å². The lowest BCUT2D eigenvalue weighted by Gasteiger charge is -2.46. The van der Waals surface area contributed by atoms with Gasteiger partial charge in [0, 0.05) is 27.7 Å². The van der Waals surface area contributed by atoms with E-state index in [2.05, 4.69) is 0 Å². The Labute approximate surface area is 199 Å². The van der Waals surface area contributed by atoms with Crippen molar-refractivity contribution in [2.24, 2.45) is 0 Å². The molecule has 2 saturated heterocycles. The predicted molar refractivity (Wildman–Crippen MR) is 107 cm³/mol. The van der Waals surface area contributed by atoms with E-state index in [0.717, 1.165) is 27.7 Å². The van der Waals surface area contributed by atoms with Gasteiger partial charge in [0.2, 0.25) is 6.29 Å². The maximum absolute atomic E-state index is 11.6. The first-order valence-electron chi connectivity index (χ1n) is 10.6. The highest BCUT2D eigenvalue weighted by Crippen LogP contribution is 2.32. The second kappa shape index (κ2) is 12.5. The van der Waals surface area contributed by atoms with Gasteiger partial charge < -0.3 is 53.6 Å². The van der Waals surface area contributed by atoms with Gasteiger partial charge in [-0.2, -0.15) is 0 Å². The van der Waals surface area contributed by atoms with E-state index in [4.69, 9.17) is 33.2 Å². The minimum atomic E-state index is -1.78. The van der Waals surface area contributed by atoms with Crippen LogP contribution in [0.25, 0.3) is 0 Å². The highest BCUT2D eigenvalue weighted by atomic mass is 16.8. The second-order valence-corrected chi connectivity index (χ2v) is 7.90. The molecule has 0 saturated carbocycles. The zero-order valence-electron chi connectivity index (χ0n) is 19.5. The summed E-state index contributed by atoms with van der Waals surface area (Å²) in [5.74, 6) is -3.29. The summed E-state index contributed by atoms with van der Waals surface area (Å²) in [6, 6.07) is 0. The van der Waals surface area contributed by atoms with Crippen LogP contribution in [-0.2, 0) is 52.3 Å². The lowest BCUT2D eigenvalue weighted by atomic mass is 9.96. The van der Waals surface area contributed by atoms with Gasteiger partial charge in [0.05, 0.1) is 6.61 Å². The summed E-state index contributed by atoms with van der Waals surface area (Å²) in [5, 5.41) is 41.0. The van der Waals surface area contributed by atoms with Crippen LogP contribution in [0.3, 0.4) is 0 Å². The molecule has 10 unspecified atom stereocenters. The van der Waals surface area contributed by atoms with Crippen molar-refractivity contribution in [3.05, 3.63) is 0 Å². The SMILES string of the molecule is CC(=O)OCC1OC(OC(C)=O)C(OC(C)=O)C(O)C1OC1OC(CO)C(O)C(O)C1OC(C)=O. The van der Waals surface area contributed by atoms with Crippen LogP contribution >= 0.6 is 0 Å². The summed E-state index contributed by atoms with van der Waals surface area (Å²) in [7, 11) is 0. The molecule has 0 aliphatic carbocycles. The van der Waals surface area contributed by atoms with Gasteiger partial charge in [0.25, 0.3) is 0 Å². The number of rotatable bonds is 8. The predicted octanol–water partition coefficient (Wildman–Crippen LogP) is -3.11. The van der Waals surface area contributed by atoms with Crippen LogP contribution in [0.2, 0.25) is 0 Å². The quantitative estimate of drug-likeness (QED) is 0.188. The maximum Gasteiger partial charge on any atom is 0.305 e. The summed E-state index contributed by atoms with van der Waals surface area (Å²) >= 11 is 0. The molecule has 0 spiro atoms. The summed E-state index contributed by atoms with van der Waals surface area (Å²) in [5.41, 5.74) is 0. The van der Waals surface area contributed by atoms with E-state index in [0.29, 0.717) is 0 Å². The molecular weight excluding hydrogens is 480 g/mol. The Morgan fingerprint density at radius 2 is 1.17 bits per heavy atom. The second-order valence-electron chi connectivity index (χ2n) is 7.90. The molecule has 4 N–H and O–H groups in total. The van der Waals surface area contributed by atoms with Gasteiger partial charge in [0.15, 0.2) is 18.5 Å². The standard InChI is InChI=1S/C20H30O15/c1-7(22)29-6-12-16(15(28)18(31-9(3)24)19(34-12)32-10(4)25)35-20-17(30-8(2)23)14(27)13(26)11(5-21)33-20/h11-21,26-28H,5-6H2,1-4H3. The minimum absolute atomic E-state index is 0.527. The van der Waals surface area contributed by atoms with Crippen molar-refractivity contribution in [2.75, 3.05) is 13.2 Å². The summed E-state index contributed by atoms with van der Waals surface area (Å²) in [6.07, 6.45) is -16.0. The van der Waals surface area contributed by atoms with E-state index in [1.807, 2.05) is 0 Å². The molecule has 0 bridgehead atoms. The topological polar surface area (TPSA) is 214 Å². The Balaban J connectivity index is 2.39. The van der Waals surface area contributed by atoms with E-state index in [1.54, 1.807) is 0 Å². The monoisotopic (exact) mass is 510 g/mol. The molecule has 15 heteroatoms. The summed E-state index contributed by atoms with van der Waals surface area (Å²) in [6.45, 7) is 2.92. The molecule has 0 amide bonds. The molecule has 10 atom stereocenters. The Hall–Kier alpha value is -2.40. The van der Waals surface area contributed by atoms with Crippen LogP contribution in [-0.4, -0.2) is 119 Å². The average Bonchev–Trinajstić information content (AvgIpc) is 2.75. The van der Waals surface area contributed by atoms with E-state index in [-0.39, 0.29) is 0 Å². The van der Waals surface area contributed by atoms with Crippen LogP contribution in [0.4, 0.5) is 0 Å². The highest BCUT2D eigenvalue weighted by molar-refractivity contribution is 5.67. The van der Waals surface area contributed by atoms with Crippen molar-refractivity contribution in [2.45, 2.75) is 89.1 Å². The Morgan fingerprint density at radius 1 is 0.657 bits per heavy atom. The smallest absolute Gasteiger partial charge is 0.305 e. The number of carbonyl (C=O) groups is 4. The van der Waals surface area contributed by atoms with Gasteiger partial charge in [-0.25, -0.2) is 0 Å². The van der Waals surface area contributed by atoms with Crippen LogP contribution in [0.5, 0.6) is 0 Å². The third-order valence-corrected chi connectivity index (χ3v) is 5.07. The molecule has 2 rings (SSSR count). The molecule has 0 aromatic carbocycles. The molecule has 0 radical (unpaired) electrons. The van der Waals surface area contributed by atoms with Crippen LogP contribution < -0.4 is 0 Å². The number of carbonyl (C=O) groups excluding carboxylic acids is 4. The Bertz CT molecular complexity index is 770. The first-order valence-corrected chi connectivity index (χ1v) is 10.6. The van der Waals surface area contributed by atoms with Crippen LogP contribution in [0.1, 0.15) is 27.7 Å². The van der Waals surface area contributed by atoms with Crippen LogP contribution in [0, 0.1) is 0 Å². The minimum Gasteiger partial charge on any atom is -0.463 e. The van der Waals surface area contributed by atoms with E-state index < -0.39 is 98.5 Å². The largest absolute Gasteiger partial charge is 0.463 e. The maximum atomic E-state index is 11.6. The van der Waals surface area contributed by atoms with Crippen molar-refractivity contribution < 1.29 is 72.8 Å². The third kappa shape index (κ3) is 7.54. The molecule has 15 nitrogen and oxygen atoms in total. The van der Waals surface area contributed by atoms with Crippen molar-refractivity contribution in [1.29, 1.82) is 0 Å². The molecule has 35 heavy (non-hydrogen) atoms. The van der Waals surface area contributed by atoms with Gasteiger partial charge >= 0.3 is 23.9 Å². The van der Waals surface area contributed by atoms with Crippen molar-refractivity contribution in [3.8, 4) is 0 Å². The summed E-state index contributed by atoms with van der Waals surface area (Å²) < 4.78 is 36.8. The third-order valence-electron chi connectivity index (χ3n) is 5.07. The van der Waals surface area contributed by atoms with Gasteiger partial charge in [0.1, 0.15) is 43.2 Å². The Kier molecular flexibility index (Phi) is 10.3. The van der Waals surface area contributed by atoms with Gasteiger partial charge in [-0.15, -0.1) is 0 Å². The average molecular weight is 510 g/mol. The zero-order valence-corrected chi connectivity index (χ0v) is 19.5. The first-order chi connectivity index (χ1) is 16.3. The molecule has 2 aliphatic rings. The lowest BCUT2D eigenvalue weighted by Crippen LogP contribution is -2.66. The molecular formula is C20H30O15. The first kappa shape index (κ1) is 28.8. The number of hydrogen-bond donors (Lipinski definition) is 4. The number of hydrogen-bond acceptors (Lipinski definition) is 15.